The summed E-state index contributed by atoms with van der Waals surface area (Å²) in [6.45, 7) is 2.76. The predicted molar refractivity (Wildman–Crippen MR) is 67.3 cm³/mol. The quantitative estimate of drug-likeness (QED) is 0.728. The van der Waals surface area contributed by atoms with Gasteiger partial charge in [0.15, 0.2) is 0 Å². The molecule has 0 aliphatic heterocycles. The summed E-state index contributed by atoms with van der Waals surface area (Å²) < 4.78 is 0. The van der Waals surface area contributed by atoms with Crippen LogP contribution in [0.2, 0.25) is 0 Å². The molecule has 17 heavy (non-hydrogen) atoms. The number of carbonyl (C=O) groups excluding carboxylic acids is 1. The van der Waals surface area contributed by atoms with Gasteiger partial charge in [-0.25, -0.2) is 0 Å². The van der Waals surface area contributed by atoms with Gasteiger partial charge >= 0.3 is 0 Å². The lowest BCUT2D eigenvalue weighted by Gasteiger charge is -2.22. The molecular weight excluding hydrogens is 216 g/mol. The Morgan fingerprint density at radius 3 is 2.76 bits per heavy atom. The van der Waals surface area contributed by atoms with E-state index in [2.05, 4.69) is 6.07 Å². The molecule has 0 saturated carbocycles. The highest BCUT2D eigenvalue weighted by Gasteiger charge is 2.09. The van der Waals surface area contributed by atoms with E-state index < -0.39 is 0 Å². The summed E-state index contributed by atoms with van der Waals surface area (Å²) in [4.78, 5) is 12.8. The van der Waals surface area contributed by atoms with E-state index in [9.17, 15) is 4.79 Å². The van der Waals surface area contributed by atoms with E-state index in [1.165, 1.54) is 0 Å². The van der Waals surface area contributed by atoms with Crippen LogP contribution in [0.3, 0.4) is 0 Å². The molecule has 0 radical (unpaired) electrons. The van der Waals surface area contributed by atoms with Gasteiger partial charge in [0.1, 0.15) is 0 Å². The molecule has 5 nitrogen and oxygen atoms in total. The van der Waals surface area contributed by atoms with Crippen molar-refractivity contribution in [2.24, 2.45) is 5.73 Å². The molecule has 0 fully saturated rings. The topological polar surface area (TPSA) is 96.1 Å². The number of nitrogens with zero attached hydrogens (tertiary/aromatic N) is 2. The highest BCUT2D eigenvalue weighted by atomic mass is 16.1. The molecule has 1 rings (SSSR count). The van der Waals surface area contributed by atoms with Crippen LogP contribution in [0, 0.1) is 11.3 Å². The Kier molecular flexibility index (Phi) is 4.35. The fraction of sp³-hybridized carbons (Fsp3) is 0.333. The standard InChI is InChI=1S/C12H16N4O/c1-2-16(8-12(15)17)10-3-4-11(14)9(7-10)5-6-13/h3-4,7H,2,5,8,14H2,1H3,(H2,15,17). The summed E-state index contributed by atoms with van der Waals surface area (Å²) in [5.41, 5.74) is 13.1. The van der Waals surface area contributed by atoms with Crippen molar-refractivity contribution in [3.63, 3.8) is 0 Å². The highest BCUT2D eigenvalue weighted by molar-refractivity contribution is 5.79. The van der Waals surface area contributed by atoms with Gasteiger partial charge in [0.05, 0.1) is 19.0 Å². The predicted octanol–water partition coefficient (Wildman–Crippen LogP) is 0.646. The van der Waals surface area contributed by atoms with Gasteiger partial charge in [0.2, 0.25) is 5.91 Å². The van der Waals surface area contributed by atoms with Gasteiger partial charge in [-0.15, -0.1) is 0 Å². The first kappa shape index (κ1) is 12.8. The van der Waals surface area contributed by atoms with Crippen LogP contribution in [0.15, 0.2) is 18.2 Å². The van der Waals surface area contributed by atoms with Crippen molar-refractivity contribution in [2.75, 3.05) is 23.7 Å². The molecule has 1 aromatic rings. The van der Waals surface area contributed by atoms with Crippen molar-refractivity contribution in [2.45, 2.75) is 13.3 Å². The summed E-state index contributed by atoms with van der Waals surface area (Å²) in [6, 6.07) is 7.45. The van der Waals surface area contributed by atoms with Crippen LogP contribution in [0.5, 0.6) is 0 Å². The summed E-state index contributed by atoms with van der Waals surface area (Å²) in [5, 5.41) is 8.68. The number of hydrogen-bond donors (Lipinski definition) is 2. The number of likely N-dealkylation sites (N-methyl/N-ethyl adjacent to an activating group) is 1. The molecule has 5 heteroatoms. The molecule has 0 unspecified atom stereocenters. The van der Waals surface area contributed by atoms with E-state index in [-0.39, 0.29) is 18.9 Å². The maximum absolute atomic E-state index is 10.9. The minimum Gasteiger partial charge on any atom is -0.398 e. The van der Waals surface area contributed by atoms with Crippen LogP contribution in [0.1, 0.15) is 12.5 Å². The third-order valence-electron chi connectivity index (χ3n) is 2.49. The van der Waals surface area contributed by atoms with Gasteiger partial charge < -0.3 is 16.4 Å². The Bertz CT molecular complexity index is 450. The SMILES string of the molecule is CCN(CC(N)=O)c1ccc(N)c(CC#N)c1. The average molecular weight is 232 g/mol. The van der Waals surface area contributed by atoms with Gasteiger partial charge in [0.25, 0.3) is 0 Å². The van der Waals surface area contributed by atoms with Crippen LogP contribution in [0.25, 0.3) is 0 Å². The summed E-state index contributed by atoms with van der Waals surface area (Å²) in [7, 11) is 0. The van der Waals surface area contributed by atoms with E-state index in [1.54, 1.807) is 6.07 Å². The van der Waals surface area contributed by atoms with Gasteiger partial charge in [-0.05, 0) is 30.7 Å². The molecule has 0 aliphatic carbocycles. The number of rotatable bonds is 5. The third-order valence-corrected chi connectivity index (χ3v) is 2.49. The molecule has 1 amide bonds. The Morgan fingerprint density at radius 1 is 1.53 bits per heavy atom. The van der Waals surface area contributed by atoms with Gasteiger partial charge in [0, 0.05) is 17.9 Å². The largest absolute Gasteiger partial charge is 0.398 e. The third kappa shape index (κ3) is 3.38. The first-order chi connectivity index (χ1) is 8.08. The molecule has 0 heterocycles. The molecule has 0 atom stereocenters. The number of hydrogen-bond acceptors (Lipinski definition) is 4. The summed E-state index contributed by atoms with van der Waals surface area (Å²) >= 11 is 0. The first-order valence-electron chi connectivity index (χ1n) is 5.37. The fourth-order valence-corrected chi connectivity index (χ4v) is 1.60. The maximum atomic E-state index is 10.9. The lowest BCUT2D eigenvalue weighted by atomic mass is 10.1. The van der Waals surface area contributed by atoms with E-state index in [1.807, 2.05) is 24.0 Å². The summed E-state index contributed by atoms with van der Waals surface area (Å²) in [5.74, 6) is -0.384. The number of carbonyl (C=O) groups is 1. The van der Waals surface area contributed by atoms with E-state index in [0.29, 0.717) is 12.2 Å². The zero-order valence-corrected chi connectivity index (χ0v) is 9.81. The Labute approximate surface area is 101 Å². The Hall–Kier alpha value is -2.22. The molecule has 0 aromatic heterocycles. The second-order valence-corrected chi connectivity index (χ2v) is 3.70. The van der Waals surface area contributed by atoms with Crippen LogP contribution in [0.4, 0.5) is 11.4 Å². The average Bonchev–Trinajstić information content (AvgIpc) is 2.29. The fourth-order valence-electron chi connectivity index (χ4n) is 1.60. The Morgan fingerprint density at radius 2 is 2.24 bits per heavy atom. The van der Waals surface area contributed by atoms with Crippen LogP contribution >= 0.6 is 0 Å². The zero-order valence-electron chi connectivity index (χ0n) is 9.81. The van der Waals surface area contributed by atoms with E-state index in [4.69, 9.17) is 16.7 Å². The number of amides is 1. The zero-order chi connectivity index (χ0) is 12.8. The molecular formula is C12H16N4O. The number of anilines is 2. The Balaban J connectivity index is 3.00. The van der Waals surface area contributed by atoms with Crippen molar-refractivity contribution >= 4 is 17.3 Å². The van der Waals surface area contributed by atoms with E-state index >= 15 is 0 Å². The maximum Gasteiger partial charge on any atom is 0.236 e. The molecule has 0 bridgehead atoms. The van der Waals surface area contributed by atoms with Gasteiger partial charge in [-0.3, -0.25) is 4.79 Å². The van der Waals surface area contributed by atoms with Gasteiger partial charge in [-0.2, -0.15) is 5.26 Å². The molecule has 90 valence electrons. The number of nitrogens with two attached hydrogens (primary N) is 2. The second-order valence-electron chi connectivity index (χ2n) is 3.70. The minimum absolute atomic E-state index is 0.159. The molecule has 1 aromatic carbocycles. The molecule has 0 saturated heterocycles. The molecule has 4 N–H and O–H groups in total. The van der Waals surface area contributed by atoms with Crippen molar-refractivity contribution in [1.29, 1.82) is 5.26 Å². The number of primary amides is 1. The smallest absolute Gasteiger partial charge is 0.236 e. The summed E-state index contributed by atoms with van der Waals surface area (Å²) in [6.07, 6.45) is 0.258. The lowest BCUT2D eigenvalue weighted by molar-refractivity contribution is -0.116. The van der Waals surface area contributed by atoms with Crippen LogP contribution in [-0.2, 0) is 11.2 Å². The molecule has 0 aliphatic rings. The molecule has 0 spiro atoms. The van der Waals surface area contributed by atoms with Crippen molar-refractivity contribution in [1.82, 2.24) is 0 Å². The van der Waals surface area contributed by atoms with Crippen molar-refractivity contribution < 1.29 is 4.79 Å². The van der Waals surface area contributed by atoms with E-state index in [0.717, 1.165) is 11.3 Å². The van der Waals surface area contributed by atoms with Gasteiger partial charge in [-0.1, -0.05) is 0 Å². The van der Waals surface area contributed by atoms with Crippen molar-refractivity contribution in [3.8, 4) is 6.07 Å². The second kappa shape index (κ2) is 5.75. The monoisotopic (exact) mass is 232 g/mol. The normalized spacial score (nSPS) is 9.65. The lowest BCUT2D eigenvalue weighted by Crippen LogP contribution is -2.33. The first-order valence-corrected chi connectivity index (χ1v) is 5.37. The number of benzene rings is 1. The van der Waals surface area contributed by atoms with Crippen molar-refractivity contribution in [3.05, 3.63) is 23.8 Å². The van der Waals surface area contributed by atoms with Crippen LogP contribution < -0.4 is 16.4 Å². The number of nitriles is 1. The number of nitrogen functional groups attached to an aromatic ring is 1. The highest BCUT2D eigenvalue weighted by Crippen LogP contribution is 2.21. The van der Waals surface area contributed by atoms with Crippen LogP contribution in [-0.4, -0.2) is 19.0 Å². The minimum atomic E-state index is -0.384.